The van der Waals surface area contributed by atoms with Crippen molar-refractivity contribution in [3.8, 4) is 0 Å². The molecule has 1 aromatic carbocycles. The summed E-state index contributed by atoms with van der Waals surface area (Å²) in [5, 5.41) is 11.6. The van der Waals surface area contributed by atoms with E-state index in [1.165, 1.54) is 11.6 Å². The van der Waals surface area contributed by atoms with Crippen molar-refractivity contribution in [2.75, 3.05) is 0 Å². The van der Waals surface area contributed by atoms with E-state index >= 15 is 0 Å². The van der Waals surface area contributed by atoms with E-state index < -0.39 is 0 Å². The van der Waals surface area contributed by atoms with Crippen LogP contribution in [0, 0.1) is 10.1 Å². The summed E-state index contributed by atoms with van der Waals surface area (Å²) < 4.78 is 0. The fourth-order valence-corrected chi connectivity index (χ4v) is 1.58. The number of non-ortho nitro benzene ring substituents is 1. The molecule has 0 unspecified atom stereocenters. The Kier molecular flexibility index (Phi) is 1.96. The molecular weight excluding hydrogens is 180 g/mol. The van der Waals surface area contributed by atoms with Crippen LogP contribution < -0.4 is 0 Å². The predicted molar refractivity (Wildman–Crippen MR) is 54.3 cm³/mol. The van der Waals surface area contributed by atoms with Gasteiger partial charge in [-0.25, -0.2) is 0 Å². The van der Waals surface area contributed by atoms with Crippen LogP contribution in [0.5, 0.6) is 0 Å². The van der Waals surface area contributed by atoms with Crippen molar-refractivity contribution in [3.63, 3.8) is 0 Å². The van der Waals surface area contributed by atoms with Crippen molar-refractivity contribution in [2.45, 2.75) is 13.3 Å². The third-order valence-electron chi connectivity index (χ3n) is 2.34. The van der Waals surface area contributed by atoms with E-state index in [0.717, 1.165) is 17.3 Å². The highest BCUT2D eigenvalue weighted by molar-refractivity contribution is 5.85. The third kappa shape index (κ3) is 1.25. The highest BCUT2D eigenvalue weighted by atomic mass is 16.6. The summed E-state index contributed by atoms with van der Waals surface area (Å²) in [6.45, 7) is 2.06. The second kappa shape index (κ2) is 3.14. The summed E-state index contributed by atoms with van der Waals surface area (Å²) in [7, 11) is 0. The third-order valence-corrected chi connectivity index (χ3v) is 2.34. The molecule has 0 amide bonds. The number of nitrogens with one attached hydrogen (secondary N) is 1. The summed E-state index contributed by atoms with van der Waals surface area (Å²) in [5.41, 5.74) is 2.15. The van der Waals surface area contributed by atoms with E-state index in [-0.39, 0.29) is 10.6 Å². The average molecular weight is 190 g/mol. The molecule has 4 nitrogen and oxygen atoms in total. The lowest BCUT2D eigenvalue weighted by Gasteiger charge is -1.93. The summed E-state index contributed by atoms with van der Waals surface area (Å²) in [5.74, 6) is 0. The number of aryl methyl sites for hydroxylation is 1. The van der Waals surface area contributed by atoms with Crippen LogP contribution in [0.4, 0.5) is 5.69 Å². The van der Waals surface area contributed by atoms with Gasteiger partial charge in [0.25, 0.3) is 5.69 Å². The Hall–Kier alpha value is -1.84. The fourth-order valence-electron chi connectivity index (χ4n) is 1.58. The molecule has 1 heterocycles. The van der Waals surface area contributed by atoms with Crippen LogP contribution in [0.2, 0.25) is 0 Å². The standard InChI is InChI=1S/C10H10N2O2/c1-2-7-6-11-10-5-8(12(13)14)3-4-9(7)10/h3-6,11H,2H2,1H3. The van der Waals surface area contributed by atoms with E-state index in [0.29, 0.717) is 0 Å². The monoisotopic (exact) mass is 190 g/mol. The second-order valence-electron chi connectivity index (χ2n) is 3.15. The minimum atomic E-state index is -0.383. The van der Waals surface area contributed by atoms with Crippen LogP contribution >= 0.6 is 0 Å². The highest BCUT2D eigenvalue weighted by Gasteiger charge is 2.08. The van der Waals surface area contributed by atoms with Crippen LogP contribution in [0.1, 0.15) is 12.5 Å². The van der Waals surface area contributed by atoms with Gasteiger partial charge in [-0.15, -0.1) is 0 Å². The van der Waals surface area contributed by atoms with Crippen molar-refractivity contribution in [2.24, 2.45) is 0 Å². The van der Waals surface area contributed by atoms with Crippen molar-refractivity contribution < 1.29 is 4.92 Å². The molecule has 1 aromatic heterocycles. The lowest BCUT2D eigenvalue weighted by molar-refractivity contribution is -0.384. The quantitative estimate of drug-likeness (QED) is 0.584. The van der Waals surface area contributed by atoms with E-state index in [9.17, 15) is 10.1 Å². The molecule has 2 rings (SSSR count). The number of nitrogens with zero attached hydrogens (tertiary/aromatic N) is 1. The fraction of sp³-hybridized carbons (Fsp3) is 0.200. The number of nitro groups is 1. The van der Waals surface area contributed by atoms with Gasteiger partial charge in [0.15, 0.2) is 0 Å². The van der Waals surface area contributed by atoms with Crippen molar-refractivity contribution in [1.29, 1.82) is 0 Å². The summed E-state index contributed by atoms with van der Waals surface area (Å²) >= 11 is 0. The van der Waals surface area contributed by atoms with Gasteiger partial charge in [0.2, 0.25) is 0 Å². The van der Waals surface area contributed by atoms with Gasteiger partial charge in [0, 0.05) is 23.7 Å². The van der Waals surface area contributed by atoms with Crippen molar-refractivity contribution >= 4 is 16.6 Å². The van der Waals surface area contributed by atoms with Gasteiger partial charge in [0.05, 0.1) is 10.4 Å². The Bertz CT molecular complexity index is 488. The minimum absolute atomic E-state index is 0.127. The molecular formula is C10H10N2O2. The summed E-state index contributed by atoms with van der Waals surface area (Å²) in [4.78, 5) is 13.2. The van der Waals surface area contributed by atoms with Gasteiger partial charge >= 0.3 is 0 Å². The Morgan fingerprint density at radius 2 is 2.29 bits per heavy atom. The lowest BCUT2D eigenvalue weighted by Crippen LogP contribution is -1.86. The number of nitro benzene ring substituents is 1. The smallest absolute Gasteiger partial charge is 0.271 e. The van der Waals surface area contributed by atoms with Gasteiger partial charge < -0.3 is 4.98 Å². The molecule has 0 bridgehead atoms. The highest BCUT2D eigenvalue weighted by Crippen LogP contribution is 2.23. The van der Waals surface area contributed by atoms with E-state index in [4.69, 9.17) is 0 Å². The van der Waals surface area contributed by atoms with Crippen LogP contribution in [0.15, 0.2) is 24.4 Å². The Labute approximate surface area is 80.7 Å². The van der Waals surface area contributed by atoms with Gasteiger partial charge in [-0.1, -0.05) is 6.92 Å². The molecule has 0 aliphatic rings. The topological polar surface area (TPSA) is 58.9 Å². The van der Waals surface area contributed by atoms with E-state index in [1.807, 2.05) is 6.20 Å². The van der Waals surface area contributed by atoms with Gasteiger partial charge in [-0.3, -0.25) is 10.1 Å². The van der Waals surface area contributed by atoms with E-state index in [1.54, 1.807) is 12.1 Å². The zero-order chi connectivity index (χ0) is 10.1. The molecule has 0 aliphatic carbocycles. The zero-order valence-electron chi connectivity index (χ0n) is 7.78. The minimum Gasteiger partial charge on any atom is -0.361 e. The lowest BCUT2D eigenvalue weighted by atomic mass is 10.1. The maximum Gasteiger partial charge on any atom is 0.271 e. The summed E-state index contributed by atoms with van der Waals surface area (Å²) in [6.07, 6.45) is 2.83. The normalized spacial score (nSPS) is 10.6. The number of hydrogen-bond acceptors (Lipinski definition) is 2. The number of benzene rings is 1. The SMILES string of the molecule is CCc1c[nH]c2cc([N+](=O)[O-])ccc12. The number of rotatable bonds is 2. The summed E-state index contributed by atoms with van der Waals surface area (Å²) in [6, 6.07) is 4.90. The maximum atomic E-state index is 10.5. The molecule has 0 radical (unpaired) electrons. The molecule has 0 fully saturated rings. The molecule has 14 heavy (non-hydrogen) atoms. The average Bonchev–Trinajstić information content (AvgIpc) is 2.59. The number of aromatic amines is 1. The van der Waals surface area contributed by atoms with Gasteiger partial charge in [0.1, 0.15) is 0 Å². The number of hydrogen-bond donors (Lipinski definition) is 1. The molecule has 0 spiro atoms. The van der Waals surface area contributed by atoms with Crippen LogP contribution in [-0.4, -0.2) is 9.91 Å². The number of aromatic nitrogens is 1. The number of H-pyrrole nitrogens is 1. The molecule has 1 N–H and O–H groups in total. The van der Waals surface area contributed by atoms with Crippen molar-refractivity contribution in [1.82, 2.24) is 4.98 Å². The van der Waals surface area contributed by atoms with Gasteiger partial charge in [-0.05, 0) is 18.1 Å². The molecule has 0 aliphatic heterocycles. The molecule has 0 atom stereocenters. The first-order valence-corrected chi connectivity index (χ1v) is 4.46. The second-order valence-corrected chi connectivity index (χ2v) is 3.15. The first kappa shape index (κ1) is 8.74. The van der Waals surface area contributed by atoms with Crippen molar-refractivity contribution in [3.05, 3.63) is 40.1 Å². The Morgan fingerprint density at radius 3 is 2.93 bits per heavy atom. The zero-order valence-corrected chi connectivity index (χ0v) is 7.78. The Balaban J connectivity index is 2.63. The van der Waals surface area contributed by atoms with Crippen LogP contribution in [0.25, 0.3) is 10.9 Å². The molecule has 4 heteroatoms. The molecule has 0 saturated carbocycles. The van der Waals surface area contributed by atoms with E-state index in [2.05, 4.69) is 11.9 Å². The first-order chi connectivity index (χ1) is 6.72. The molecule has 72 valence electrons. The van der Waals surface area contributed by atoms with Crippen LogP contribution in [-0.2, 0) is 6.42 Å². The van der Waals surface area contributed by atoms with Gasteiger partial charge in [-0.2, -0.15) is 0 Å². The largest absolute Gasteiger partial charge is 0.361 e. The maximum absolute atomic E-state index is 10.5. The molecule has 0 saturated heterocycles. The first-order valence-electron chi connectivity index (χ1n) is 4.46. The van der Waals surface area contributed by atoms with Crippen LogP contribution in [0.3, 0.4) is 0 Å². The predicted octanol–water partition coefficient (Wildman–Crippen LogP) is 2.64. The molecule has 2 aromatic rings. The Morgan fingerprint density at radius 1 is 1.50 bits per heavy atom. The number of fused-ring (bicyclic) bond motifs is 1.